The first-order valence-corrected chi connectivity index (χ1v) is 8.73. The highest BCUT2D eigenvalue weighted by Crippen LogP contribution is 2.37. The zero-order valence-electron chi connectivity index (χ0n) is 15.3. The number of methoxy groups -OCH3 is 1. The molecule has 0 fully saturated rings. The van der Waals surface area contributed by atoms with Gasteiger partial charge in [0.05, 0.1) is 12.1 Å². The number of aromatic amines is 1. The molecule has 0 unspecified atom stereocenters. The number of H-pyrrole nitrogens is 1. The van der Waals surface area contributed by atoms with Crippen LogP contribution in [-0.4, -0.2) is 23.0 Å². The number of nitrogens with zero attached hydrogens (tertiary/aromatic N) is 1. The number of carbonyl (C=O) groups is 1. The molecule has 0 aliphatic carbocycles. The van der Waals surface area contributed by atoms with E-state index in [1.165, 1.54) is 0 Å². The summed E-state index contributed by atoms with van der Waals surface area (Å²) >= 11 is 6.35. The van der Waals surface area contributed by atoms with Gasteiger partial charge in [-0.1, -0.05) is 38.4 Å². The van der Waals surface area contributed by atoms with Gasteiger partial charge in [-0.15, -0.1) is 0 Å². The summed E-state index contributed by atoms with van der Waals surface area (Å²) in [5.41, 5.74) is 9.46. The maximum absolute atomic E-state index is 11.4. The van der Waals surface area contributed by atoms with Gasteiger partial charge < -0.3 is 15.5 Å². The van der Waals surface area contributed by atoms with Crippen LogP contribution in [0.5, 0.6) is 5.75 Å². The fourth-order valence-electron chi connectivity index (χ4n) is 3.13. The topological polar surface area (TPSA) is 81.0 Å². The number of ether oxygens (including phenoxy) is 1. The minimum atomic E-state index is -0.533. The first-order chi connectivity index (χ1) is 12.2. The van der Waals surface area contributed by atoms with Crippen LogP contribution in [0.1, 0.15) is 48.2 Å². The lowest BCUT2D eigenvalue weighted by atomic mass is 9.87. The molecule has 0 radical (unpaired) electrons. The molecule has 1 amide bonds. The summed E-state index contributed by atoms with van der Waals surface area (Å²) in [6.07, 6.45) is 0.566. The Hall–Kier alpha value is -2.53. The lowest BCUT2D eigenvalue weighted by molar-refractivity contribution is 0.0995. The zero-order chi connectivity index (χ0) is 19.1. The number of carbonyl (C=O) groups excluding carboxylic acids is 1. The SMILES string of the molecule is COc1cc2[nH]c(C(C)(C)C)c(Cc3cccc(C(N)=O)n3)c2cc1Cl. The third-order valence-electron chi connectivity index (χ3n) is 4.35. The van der Waals surface area contributed by atoms with Gasteiger partial charge in [0.15, 0.2) is 0 Å². The molecular formula is C20H22ClN3O2. The Morgan fingerprint density at radius 1 is 1.31 bits per heavy atom. The number of fused-ring (bicyclic) bond motifs is 1. The van der Waals surface area contributed by atoms with E-state index in [-0.39, 0.29) is 11.1 Å². The first kappa shape index (κ1) is 18.3. The number of halogens is 1. The molecule has 0 saturated heterocycles. The van der Waals surface area contributed by atoms with Gasteiger partial charge in [0.2, 0.25) is 0 Å². The predicted molar refractivity (Wildman–Crippen MR) is 104 cm³/mol. The van der Waals surface area contributed by atoms with Crippen molar-refractivity contribution >= 4 is 28.4 Å². The van der Waals surface area contributed by atoms with E-state index in [9.17, 15) is 4.79 Å². The van der Waals surface area contributed by atoms with Gasteiger partial charge in [-0.25, -0.2) is 4.98 Å². The summed E-state index contributed by atoms with van der Waals surface area (Å²) in [6.45, 7) is 6.44. The predicted octanol–water partition coefficient (Wildman–Crippen LogP) is 4.21. The van der Waals surface area contributed by atoms with Crippen molar-refractivity contribution in [3.05, 3.63) is 58.0 Å². The fourth-order valence-corrected chi connectivity index (χ4v) is 3.37. The molecule has 6 heteroatoms. The molecule has 136 valence electrons. The van der Waals surface area contributed by atoms with Crippen molar-refractivity contribution in [3.63, 3.8) is 0 Å². The maximum Gasteiger partial charge on any atom is 0.267 e. The van der Waals surface area contributed by atoms with Crippen molar-refractivity contribution < 1.29 is 9.53 Å². The number of primary amides is 1. The largest absolute Gasteiger partial charge is 0.495 e. The number of nitrogens with two attached hydrogens (primary N) is 1. The Balaban J connectivity index is 2.18. The lowest BCUT2D eigenvalue weighted by Crippen LogP contribution is -2.16. The Morgan fingerprint density at radius 2 is 2.04 bits per heavy atom. The van der Waals surface area contributed by atoms with E-state index in [2.05, 4.69) is 30.7 Å². The summed E-state index contributed by atoms with van der Waals surface area (Å²) in [4.78, 5) is 19.3. The molecule has 3 aromatic rings. The van der Waals surface area contributed by atoms with E-state index in [0.717, 1.165) is 27.9 Å². The fraction of sp³-hybridized carbons (Fsp3) is 0.300. The van der Waals surface area contributed by atoms with Crippen LogP contribution in [0.3, 0.4) is 0 Å². The van der Waals surface area contributed by atoms with Gasteiger partial charge in [-0.3, -0.25) is 4.79 Å². The average molecular weight is 372 g/mol. The van der Waals surface area contributed by atoms with Crippen molar-refractivity contribution in [3.8, 4) is 5.75 Å². The molecule has 0 aliphatic rings. The number of nitrogens with one attached hydrogen (secondary N) is 1. The van der Waals surface area contributed by atoms with Crippen molar-refractivity contribution in [2.24, 2.45) is 5.73 Å². The molecular weight excluding hydrogens is 350 g/mol. The maximum atomic E-state index is 11.4. The third-order valence-corrected chi connectivity index (χ3v) is 4.64. The number of pyridine rings is 1. The smallest absolute Gasteiger partial charge is 0.267 e. The summed E-state index contributed by atoms with van der Waals surface area (Å²) in [6, 6.07) is 9.12. The van der Waals surface area contributed by atoms with Crippen molar-refractivity contribution in [1.82, 2.24) is 9.97 Å². The third kappa shape index (κ3) is 3.40. The molecule has 3 rings (SSSR count). The van der Waals surface area contributed by atoms with Crippen molar-refractivity contribution in [1.29, 1.82) is 0 Å². The molecule has 2 heterocycles. The molecule has 0 spiro atoms. The summed E-state index contributed by atoms with van der Waals surface area (Å²) < 4.78 is 5.33. The summed E-state index contributed by atoms with van der Waals surface area (Å²) in [7, 11) is 1.60. The van der Waals surface area contributed by atoms with Gasteiger partial charge in [0.25, 0.3) is 5.91 Å². The number of benzene rings is 1. The van der Waals surface area contributed by atoms with E-state index >= 15 is 0 Å². The quantitative estimate of drug-likeness (QED) is 0.720. The number of hydrogen-bond acceptors (Lipinski definition) is 3. The lowest BCUT2D eigenvalue weighted by Gasteiger charge is -2.19. The van der Waals surface area contributed by atoms with Crippen LogP contribution < -0.4 is 10.5 Å². The number of aromatic nitrogens is 2. The molecule has 0 aliphatic heterocycles. The van der Waals surface area contributed by atoms with E-state index < -0.39 is 5.91 Å². The molecule has 0 saturated carbocycles. The van der Waals surface area contributed by atoms with Gasteiger partial charge in [0, 0.05) is 40.2 Å². The second-order valence-electron chi connectivity index (χ2n) is 7.32. The molecule has 2 aromatic heterocycles. The monoisotopic (exact) mass is 371 g/mol. The molecule has 3 N–H and O–H groups in total. The highest BCUT2D eigenvalue weighted by Gasteiger charge is 2.24. The van der Waals surface area contributed by atoms with Crippen LogP contribution in [0, 0.1) is 0 Å². The second kappa shape index (κ2) is 6.65. The number of rotatable bonds is 4. The highest BCUT2D eigenvalue weighted by molar-refractivity contribution is 6.32. The Morgan fingerprint density at radius 3 is 2.65 bits per heavy atom. The van der Waals surface area contributed by atoms with Gasteiger partial charge in [-0.2, -0.15) is 0 Å². The van der Waals surface area contributed by atoms with E-state index in [4.69, 9.17) is 22.1 Å². The van der Waals surface area contributed by atoms with Crippen molar-refractivity contribution in [2.75, 3.05) is 7.11 Å². The van der Waals surface area contributed by atoms with Gasteiger partial charge in [0.1, 0.15) is 11.4 Å². The second-order valence-corrected chi connectivity index (χ2v) is 7.72. The van der Waals surface area contributed by atoms with Crippen LogP contribution in [0.4, 0.5) is 0 Å². The van der Waals surface area contributed by atoms with E-state index in [1.54, 1.807) is 19.2 Å². The minimum Gasteiger partial charge on any atom is -0.495 e. The molecule has 0 bridgehead atoms. The highest BCUT2D eigenvalue weighted by atomic mass is 35.5. The van der Waals surface area contributed by atoms with Crippen LogP contribution in [0.2, 0.25) is 5.02 Å². The normalized spacial score (nSPS) is 11.7. The number of hydrogen-bond donors (Lipinski definition) is 2. The Labute approximate surface area is 157 Å². The number of amides is 1. The van der Waals surface area contributed by atoms with Gasteiger partial charge >= 0.3 is 0 Å². The van der Waals surface area contributed by atoms with Crippen molar-refractivity contribution in [2.45, 2.75) is 32.6 Å². The van der Waals surface area contributed by atoms with Crippen LogP contribution in [-0.2, 0) is 11.8 Å². The zero-order valence-corrected chi connectivity index (χ0v) is 16.1. The standard InChI is InChI=1S/C20H22ClN3O2/c1-20(2,3)18-13(8-11-6-5-7-15(23-11)19(22)25)12-9-14(21)17(26-4)10-16(12)24-18/h5-7,9-10,24H,8H2,1-4H3,(H2,22,25). The summed E-state index contributed by atoms with van der Waals surface area (Å²) in [5, 5.41) is 1.58. The van der Waals surface area contributed by atoms with Gasteiger partial charge in [-0.05, 0) is 23.8 Å². The van der Waals surface area contributed by atoms with E-state index in [0.29, 0.717) is 17.2 Å². The molecule has 5 nitrogen and oxygen atoms in total. The molecule has 26 heavy (non-hydrogen) atoms. The van der Waals surface area contributed by atoms with E-state index in [1.807, 2.05) is 18.2 Å². The first-order valence-electron chi connectivity index (χ1n) is 8.35. The molecule has 1 aromatic carbocycles. The van der Waals surface area contributed by atoms with Crippen LogP contribution in [0.25, 0.3) is 10.9 Å². The summed E-state index contributed by atoms with van der Waals surface area (Å²) in [5.74, 6) is 0.0934. The Bertz CT molecular complexity index is 987. The minimum absolute atomic E-state index is 0.102. The Kier molecular flexibility index (Phi) is 4.67. The molecule has 0 atom stereocenters. The average Bonchev–Trinajstić information content (AvgIpc) is 2.92. The van der Waals surface area contributed by atoms with Crippen LogP contribution >= 0.6 is 11.6 Å². The van der Waals surface area contributed by atoms with Crippen LogP contribution in [0.15, 0.2) is 30.3 Å².